The molecule has 2 aromatic carbocycles. The lowest BCUT2D eigenvalue weighted by molar-refractivity contribution is -0.384. The van der Waals surface area contributed by atoms with E-state index in [-0.39, 0.29) is 18.8 Å². The molecule has 1 aromatic heterocycles. The van der Waals surface area contributed by atoms with Crippen LogP contribution >= 0.6 is 0 Å². The molecule has 27 heavy (non-hydrogen) atoms. The number of nitrogens with zero attached hydrogens (tertiary/aromatic N) is 5. The van der Waals surface area contributed by atoms with Gasteiger partial charge < -0.3 is 9.84 Å². The fourth-order valence-electron chi connectivity index (χ4n) is 2.33. The SMILES string of the molecule is N#Cc1ccc(OCC(O)Cn2cnc(-c3ccc([N+](=O)[O-])cc3)n2)cc1. The van der Waals surface area contributed by atoms with E-state index in [4.69, 9.17) is 10.00 Å². The van der Waals surface area contributed by atoms with E-state index in [0.717, 1.165) is 0 Å². The molecule has 0 amide bonds. The van der Waals surface area contributed by atoms with E-state index >= 15 is 0 Å². The van der Waals surface area contributed by atoms with Gasteiger partial charge in [-0.1, -0.05) is 0 Å². The van der Waals surface area contributed by atoms with Crippen molar-refractivity contribution in [2.45, 2.75) is 12.6 Å². The highest BCUT2D eigenvalue weighted by atomic mass is 16.6. The maximum absolute atomic E-state index is 10.7. The molecule has 0 spiro atoms. The quantitative estimate of drug-likeness (QED) is 0.502. The number of nitro benzene ring substituents is 1. The van der Waals surface area contributed by atoms with Gasteiger partial charge in [-0.05, 0) is 36.4 Å². The van der Waals surface area contributed by atoms with Gasteiger partial charge in [0, 0.05) is 17.7 Å². The molecule has 0 bridgehead atoms. The van der Waals surface area contributed by atoms with Crippen LogP contribution in [-0.2, 0) is 6.54 Å². The Morgan fingerprint density at radius 3 is 2.56 bits per heavy atom. The van der Waals surface area contributed by atoms with Gasteiger partial charge in [-0.25, -0.2) is 9.67 Å². The number of aromatic nitrogens is 3. The third-order valence-electron chi connectivity index (χ3n) is 3.70. The maximum Gasteiger partial charge on any atom is 0.269 e. The van der Waals surface area contributed by atoms with Crippen molar-refractivity contribution in [3.05, 3.63) is 70.5 Å². The third kappa shape index (κ3) is 4.65. The standard InChI is InChI=1S/C18H15N5O4/c19-9-13-1-7-17(8-2-13)27-11-16(24)10-22-12-20-18(21-22)14-3-5-15(6-4-14)23(25)26/h1-8,12,16,24H,10-11H2. The molecule has 1 N–H and O–H groups in total. The van der Waals surface area contributed by atoms with Crippen LogP contribution in [0.5, 0.6) is 5.75 Å². The van der Waals surface area contributed by atoms with Gasteiger partial charge >= 0.3 is 0 Å². The molecule has 0 saturated heterocycles. The number of ether oxygens (including phenoxy) is 1. The summed E-state index contributed by atoms with van der Waals surface area (Å²) in [5.74, 6) is 0.961. The van der Waals surface area contributed by atoms with Crippen molar-refractivity contribution in [2.75, 3.05) is 6.61 Å². The van der Waals surface area contributed by atoms with Crippen LogP contribution < -0.4 is 4.74 Å². The van der Waals surface area contributed by atoms with Crippen LogP contribution in [-0.4, -0.2) is 37.5 Å². The molecule has 9 heteroatoms. The number of hydrogen-bond acceptors (Lipinski definition) is 7. The van der Waals surface area contributed by atoms with E-state index in [1.165, 1.54) is 23.1 Å². The normalized spacial score (nSPS) is 11.6. The minimum Gasteiger partial charge on any atom is -0.491 e. The van der Waals surface area contributed by atoms with Crippen molar-refractivity contribution in [3.8, 4) is 23.2 Å². The zero-order chi connectivity index (χ0) is 19.2. The molecule has 0 aliphatic heterocycles. The fraction of sp³-hybridized carbons (Fsp3) is 0.167. The smallest absolute Gasteiger partial charge is 0.269 e. The fourth-order valence-corrected chi connectivity index (χ4v) is 2.33. The van der Waals surface area contributed by atoms with Crippen molar-refractivity contribution in [2.24, 2.45) is 0 Å². The van der Waals surface area contributed by atoms with E-state index in [1.807, 2.05) is 6.07 Å². The van der Waals surface area contributed by atoms with Gasteiger partial charge in [0.15, 0.2) is 5.82 Å². The number of nitro groups is 1. The van der Waals surface area contributed by atoms with Crippen LogP contribution in [0.1, 0.15) is 5.56 Å². The molecule has 136 valence electrons. The molecule has 9 nitrogen and oxygen atoms in total. The number of rotatable bonds is 7. The summed E-state index contributed by atoms with van der Waals surface area (Å²) in [6, 6.07) is 14.5. The number of benzene rings is 2. The summed E-state index contributed by atoms with van der Waals surface area (Å²) in [5.41, 5.74) is 1.17. The topological polar surface area (TPSA) is 127 Å². The molecule has 0 radical (unpaired) electrons. The number of aliphatic hydroxyl groups excluding tert-OH is 1. The van der Waals surface area contributed by atoms with Crippen LogP contribution in [0.15, 0.2) is 54.9 Å². The van der Waals surface area contributed by atoms with E-state index in [9.17, 15) is 15.2 Å². The lowest BCUT2D eigenvalue weighted by atomic mass is 10.2. The highest BCUT2D eigenvalue weighted by Gasteiger charge is 2.11. The van der Waals surface area contributed by atoms with Crippen molar-refractivity contribution >= 4 is 5.69 Å². The summed E-state index contributed by atoms with van der Waals surface area (Å²) in [6.07, 6.45) is 0.661. The average molecular weight is 365 g/mol. The summed E-state index contributed by atoms with van der Waals surface area (Å²) in [5, 5.41) is 33.8. The number of non-ortho nitro benzene ring substituents is 1. The molecule has 3 rings (SSSR count). The van der Waals surface area contributed by atoms with E-state index in [0.29, 0.717) is 22.7 Å². The lowest BCUT2D eigenvalue weighted by Gasteiger charge is -2.12. The first-order valence-electron chi connectivity index (χ1n) is 8.00. The number of hydrogen-bond donors (Lipinski definition) is 1. The van der Waals surface area contributed by atoms with Crippen molar-refractivity contribution < 1.29 is 14.8 Å². The Balaban J connectivity index is 1.56. The molecule has 1 heterocycles. The summed E-state index contributed by atoms with van der Waals surface area (Å²) in [4.78, 5) is 14.4. The second kappa shape index (κ2) is 8.07. The number of nitriles is 1. The third-order valence-corrected chi connectivity index (χ3v) is 3.70. The molecule has 3 aromatic rings. The monoisotopic (exact) mass is 365 g/mol. The predicted octanol–water partition coefficient (Wildman–Crippen LogP) is 2.16. The predicted molar refractivity (Wildman–Crippen MR) is 94.8 cm³/mol. The largest absolute Gasteiger partial charge is 0.491 e. The Kier molecular flexibility index (Phi) is 5.39. The molecule has 1 atom stereocenters. The molecule has 0 fully saturated rings. The molecular weight excluding hydrogens is 350 g/mol. The van der Waals surface area contributed by atoms with Crippen molar-refractivity contribution in [1.29, 1.82) is 5.26 Å². The molecular formula is C18H15N5O4. The lowest BCUT2D eigenvalue weighted by Crippen LogP contribution is -2.23. The Morgan fingerprint density at radius 1 is 1.22 bits per heavy atom. The Morgan fingerprint density at radius 2 is 1.93 bits per heavy atom. The minimum atomic E-state index is -0.813. The van der Waals surface area contributed by atoms with Gasteiger partial charge in [0.1, 0.15) is 24.8 Å². The highest BCUT2D eigenvalue weighted by Crippen LogP contribution is 2.19. The minimum absolute atomic E-state index is 0.00597. The zero-order valence-electron chi connectivity index (χ0n) is 14.1. The first kappa shape index (κ1) is 18.0. The van der Waals surface area contributed by atoms with E-state index in [2.05, 4.69) is 10.1 Å². The van der Waals surface area contributed by atoms with Crippen LogP contribution in [0.2, 0.25) is 0 Å². The highest BCUT2D eigenvalue weighted by molar-refractivity contribution is 5.56. The molecule has 0 aliphatic carbocycles. The van der Waals surface area contributed by atoms with Crippen LogP contribution in [0.4, 0.5) is 5.69 Å². The first-order chi connectivity index (χ1) is 13.0. The van der Waals surface area contributed by atoms with Crippen LogP contribution in [0.3, 0.4) is 0 Å². The molecule has 1 unspecified atom stereocenters. The van der Waals surface area contributed by atoms with Crippen molar-refractivity contribution in [3.63, 3.8) is 0 Å². The second-order valence-corrected chi connectivity index (χ2v) is 5.70. The second-order valence-electron chi connectivity index (χ2n) is 5.70. The van der Waals surface area contributed by atoms with Gasteiger partial charge in [0.25, 0.3) is 5.69 Å². The van der Waals surface area contributed by atoms with Crippen LogP contribution in [0.25, 0.3) is 11.4 Å². The Bertz CT molecular complexity index is 961. The number of aliphatic hydroxyl groups is 1. The van der Waals surface area contributed by atoms with Gasteiger partial charge in [-0.3, -0.25) is 10.1 Å². The first-order valence-corrected chi connectivity index (χ1v) is 8.00. The molecule has 0 saturated carbocycles. The molecule has 0 aliphatic rings. The average Bonchev–Trinajstić information content (AvgIpc) is 3.15. The van der Waals surface area contributed by atoms with Gasteiger partial charge in [-0.2, -0.15) is 10.4 Å². The summed E-state index contributed by atoms with van der Waals surface area (Å²) >= 11 is 0. The Labute approximate surface area is 154 Å². The van der Waals surface area contributed by atoms with Crippen molar-refractivity contribution in [1.82, 2.24) is 14.8 Å². The maximum atomic E-state index is 10.7. The van der Waals surface area contributed by atoms with Crippen LogP contribution in [0, 0.1) is 21.4 Å². The zero-order valence-corrected chi connectivity index (χ0v) is 14.1. The van der Waals surface area contributed by atoms with Gasteiger partial charge in [0.2, 0.25) is 0 Å². The summed E-state index contributed by atoms with van der Waals surface area (Å²) in [7, 11) is 0. The van der Waals surface area contributed by atoms with E-state index < -0.39 is 11.0 Å². The van der Waals surface area contributed by atoms with Gasteiger partial charge in [0.05, 0.1) is 23.1 Å². The Hall–Kier alpha value is -3.77. The van der Waals surface area contributed by atoms with Gasteiger partial charge in [-0.15, -0.1) is 0 Å². The summed E-state index contributed by atoms with van der Waals surface area (Å²) in [6.45, 7) is 0.231. The van der Waals surface area contributed by atoms with E-state index in [1.54, 1.807) is 36.4 Å². The summed E-state index contributed by atoms with van der Waals surface area (Å²) < 4.78 is 6.96.